The van der Waals surface area contributed by atoms with Crippen LogP contribution < -0.4 is 10.6 Å². The first kappa shape index (κ1) is 11.8. The maximum Gasteiger partial charge on any atom is 0.122 e. The molecule has 0 unspecified atom stereocenters. The highest BCUT2D eigenvalue weighted by Crippen LogP contribution is 2.17. The van der Waals surface area contributed by atoms with Crippen molar-refractivity contribution in [1.82, 2.24) is 0 Å². The lowest BCUT2D eigenvalue weighted by Gasteiger charge is -1.93. The van der Waals surface area contributed by atoms with Crippen LogP contribution in [-0.2, 0) is 6.42 Å². The number of hydrogen-bond donors (Lipinski definition) is 1. The lowest BCUT2D eigenvalue weighted by molar-refractivity contribution is 1.31. The lowest BCUT2D eigenvalue weighted by atomic mass is 10.1. The summed E-state index contributed by atoms with van der Waals surface area (Å²) < 4.78 is 0. The van der Waals surface area contributed by atoms with Crippen molar-refractivity contribution < 1.29 is 0 Å². The summed E-state index contributed by atoms with van der Waals surface area (Å²) in [5.74, 6) is 0. The summed E-state index contributed by atoms with van der Waals surface area (Å²) in [6.45, 7) is 0. The minimum absolute atomic E-state index is 0.409. The predicted molar refractivity (Wildman–Crippen MR) is 78.0 cm³/mol. The van der Waals surface area contributed by atoms with Crippen LogP contribution >= 0.6 is 0 Å². The highest BCUT2D eigenvalue weighted by molar-refractivity contribution is 6.49. The summed E-state index contributed by atoms with van der Waals surface area (Å²) in [6.07, 6.45) is 5.50. The molecule has 17 heavy (non-hydrogen) atoms. The van der Waals surface area contributed by atoms with Gasteiger partial charge in [0.05, 0.1) is 0 Å². The number of fused-ring (bicyclic) bond motifs is 1. The Kier molecular flexibility index (Phi) is 4.30. The molecule has 0 heterocycles. The first-order chi connectivity index (χ1) is 8.40. The Morgan fingerprint density at radius 3 is 2.24 bits per heavy atom. The number of hydrogen-bond acceptors (Lipinski definition) is 1. The third-order valence-electron chi connectivity index (χ3n) is 2.77. The fraction of sp³-hybridized carbons (Fsp3) is 0.0667. The van der Waals surface area contributed by atoms with Crippen LogP contribution in [0.15, 0.2) is 60.7 Å². The molecule has 0 saturated carbocycles. The molecule has 0 fully saturated rings. The zero-order valence-electron chi connectivity index (χ0n) is 9.84. The molecule has 0 bridgehead atoms. The first-order valence-electron chi connectivity index (χ1n) is 5.88. The molecule has 0 amide bonds. The molecule has 2 N–H and O–H groups in total. The Bertz CT molecular complexity index is 491. The van der Waals surface area contributed by atoms with Crippen LogP contribution in [0.25, 0.3) is 6.08 Å². The van der Waals surface area contributed by atoms with E-state index in [-0.39, 0.29) is 0 Å². The van der Waals surface area contributed by atoms with E-state index in [4.69, 9.17) is 5.40 Å². The molecule has 2 aromatic carbocycles. The summed E-state index contributed by atoms with van der Waals surface area (Å²) in [6, 6.07) is 18.7. The molecule has 0 saturated heterocycles. The van der Waals surface area contributed by atoms with Crippen LogP contribution in [0.3, 0.4) is 0 Å². The van der Waals surface area contributed by atoms with Crippen molar-refractivity contribution in [1.29, 1.82) is 0 Å². The number of allylic oxidation sites excluding steroid dienone is 1. The molecule has 0 atom stereocenters. The van der Waals surface area contributed by atoms with Crippen molar-refractivity contribution in [3.63, 3.8) is 0 Å². The minimum Gasteiger partial charge on any atom is -0.352 e. The molecule has 1 aliphatic rings. The average Bonchev–Trinajstić information content (AvgIpc) is 2.89. The Labute approximate surface area is 105 Å². The fourth-order valence-corrected chi connectivity index (χ4v) is 2.35. The van der Waals surface area contributed by atoms with E-state index >= 15 is 0 Å². The molecular weight excluding hydrogens is 222 g/mol. The molecule has 3 rings (SSSR count). The quantitative estimate of drug-likeness (QED) is 0.752. The molecule has 0 aromatic heterocycles. The topological polar surface area (TPSA) is 26.0 Å². The molecule has 1 aliphatic carbocycles. The molecule has 1 nitrogen and oxygen atoms in total. The average molecular weight is 239 g/mol. The van der Waals surface area contributed by atoms with Gasteiger partial charge in [0.15, 0.2) is 0 Å². The van der Waals surface area contributed by atoms with Gasteiger partial charge in [-0.3, -0.25) is 0 Å². The Hall–Kier alpha value is -1.64. The van der Waals surface area contributed by atoms with Crippen molar-refractivity contribution in [3.05, 3.63) is 71.8 Å². The van der Waals surface area contributed by atoms with E-state index in [0.29, 0.717) is 0 Å². The zero-order valence-corrected chi connectivity index (χ0v) is 11.3. The highest BCUT2D eigenvalue weighted by atomic mass is 28.2. The second-order valence-corrected chi connectivity index (χ2v) is 5.22. The second-order valence-electron chi connectivity index (χ2n) is 4.00. The Morgan fingerprint density at radius 2 is 1.59 bits per heavy atom. The number of nitrogens with two attached hydrogens (primary N) is 1. The second kappa shape index (κ2) is 6.18. The van der Waals surface area contributed by atoms with Crippen LogP contribution in [0.5, 0.6) is 0 Å². The van der Waals surface area contributed by atoms with Gasteiger partial charge in [0.25, 0.3) is 0 Å². The van der Waals surface area contributed by atoms with Gasteiger partial charge in [-0.25, -0.2) is 0 Å². The van der Waals surface area contributed by atoms with E-state index in [9.17, 15) is 0 Å². The monoisotopic (exact) mass is 239 g/mol. The van der Waals surface area contributed by atoms with Crippen molar-refractivity contribution >= 4 is 20.9 Å². The summed E-state index contributed by atoms with van der Waals surface area (Å²) in [4.78, 5) is 0. The SMILES string of the molecule is C1=Cc2ccccc2C1.N[SiH2]c1ccccc1. The first-order valence-corrected chi connectivity index (χ1v) is 7.41. The predicted octanol–water partition coefficient (Wildman–Crippen LogP) is 1.61. The molecule has 2 aromatic rings. The van der Waals surface area contributed by atoms with Gasteiger partial charge in [0, 0.05) is 0 Å². The zero-order chi connectivity index (χ0) is 11.9. The van der Waals surface area contributed by atoms with Crippen LogP contribution in [0.4, 0.5) is 0 Å². The molecule has 2 heteroatoms. The third-order valence-corrected chi connectivity index (χ3v) is 3.71. The number of benzene rings is 2. The summed E-state index contributed by atoms with van der Waals surface area (Å²) in [5, 5.41) is 6.82. The van der Waals surface area contributed by atoms with Gasteiger partial charge < -0.3 is 5.40 Å². The lowest BCUT2D eigenvalue weighted by Crippen LogP contribution is -2.21. The normalized spacial score (nSPS) is 12.3. The smallest absolute Gasteiger partial charge is 0.122 e. The molecule has 86 valence electrons. The van der Waals surface area contributed by atoms with Gasteiger partial charge in [0.1, 0.15) is 9.68 Å². The molecule has 0 radical (unpaired) electrons. The maximum absolute atomic E-state index is 5.49. The van der Waals surface area contributed by atoms with Crippen LogP contribution in [0.1, 0.15) is 11.1 Å². The van der Waals surface area contributed by atoms with Gasteiger partial charge in [-0.2, -0.15) is 0 Å². The van der Waals surface area contributed by atoms with E-state index < -0.39 is 9.68 Å². The van der Waals surface area contributed by atoms with E-state index in [1.807, 2.05) is 18.2 Å². The van der Waals surface area contributed by atoms with Gasteiger partial charge in [-0.1, -0.05) is 71.9 Å². The van der Waals surface area contributed by atoms with Crippen LogP contribution in [0, 0.1) is 0 Å². The number of rotatable bonds is 1. The Morgan fingerprint density at radius 1 is 0.882 bits per heavy atom. The van der Waals surface area contributed by atoms with Gasteiger partial charge in [0.2, 0.25) is 0 Å². The van der Waals surface area contributed by atoms with Crippen molar-refractivity contribution in [2.45, 2.75) is 6.42 Å². The van der Waals surface area contributed by atoms with Gasteiger partial charge in [-0.05, 0) is 17.5 Å². The summed E-state index contributed by atoms with van der Waals surface area (Å²) in [7, 11) is -0.409. The maximum atomic E-state index is 5.49. The fourth-order valence-electron chi connectivity index (χ4n) is 1.81. The molecular formula is C15H17NSi. The van der Waals surface area contributed by atoms with Crippen LogP contribution in [0.2, 0.25) is 0 Å². The van der Waals surface area contributed by atoms with Gasteiger partial charge in [-0.15, -0.1) is 0 Å². The molecule has 0 spiro atoms. The van der Waals surface area contributed by atoms with Gasteiger partial charge >= 0.3 is 0 Å². The summed E-state index contributed by atoms with van der Waals surface area (Å²) in [5.41, 5.74) is 2.84. The Balaban J connectivity index is 0.000000128. The van der Waals surface area contributed by atoms with Crippen molar-refractivity contribution in [3.8, 4) is 0 Å². The minimum atomic E-state index is -0.409. The van der Waals surface area contributed by atoms with E-state index in [1.165, 1.54) is 16.3 Å². The summed E-state index contributed by atoms with van der Waals surface area (Å²) >= 11 is 0. The highest BCUT2D eigenvalue weighted by Gasteiger charge is 2.00. The van der Waals surface area contributed by atoms with E-state index in [2.05, 4.69) is 48.6 Å². The molecule has 0 aliphatic heterocycles. The van der Waals surface area contributed by atoms with Crippen molar-refractivity contribution in [2.75, 3.05) is 0 Å². The largest absolute Gasteiger partial charge is 0.352 e. The standard InChI is InChI=1S/C9H8.C6H9NSi/c1-2-5-9-7-3-6-8(9)4-1;7-8-6-4-2-1-3-5-6/h1-6H,7H2;1-5H,7-8H2. The van der Waals surface area contributed by atoms with Crippen LogP contribution in [-0.4, -0.2) is 9.68 Å². The third kappa shape index (κ3) is 3.41. The van der Waals surface area contributed by atoms with E-state index in [0.717, 1.165) is 6.42 Å². The van der Waals surface area contributed by atoms with E-state index in [1.54, 1.807) is 0 Å². The van der Waals surface area contributed by atoms with Crippen molar-refractivity contribution in [2.24, 2.45) is 5.40 Å².